The van der Waals surface area contributed by atoms with Crippen LogP contribution in [-0.2, 0) is 6.18 Å². The molecule has 36 heavy (non-hydrogen) atoms. The van der Waals surface area contributed by atoms with E-state index in [-0.39, 0.29) is 59.1 Å². The van der Waals surface area contributed by atoms with E-state index in [1.165, 1.54) is 37.6 Å². The molecule has 1 heterocycles. The molecule has 1 fully saturated rings. The van der Waals surface area contributed by atoms with E-state index in [0.717, 1.165) is 18.2 Å². The average Bonchev–Trinajstić information content (AvgIpc) is 3.68. The molecule has 1 aromatic heterocycles. The number of rotatable bonds is 9. The van der Waals surface area contributed by atoms with Gasteiger partial charge in [0.1, 0.15) is 18.2 Å². The molecule has 1 saturated carbocycles. The van der Waals surface area contributed by atoms with Crippen LogP contribution in [0.5, 0.6) is 23.1 Å². The number of carbonyl (C=O) groups is 1. The molecule has 7 nitrogen and oxygen atoms in total. The Morgan fingerprint density at radius 2 is 1.89 bits per heavy atom. The van der Waals surface area contributed by atoms with Crippen molar-refractivity contribution in [2.24, 2.45) is 0 Å². The Balaban J connectivity index is 1.78. The van der Waals surface area contributed by atoms with Crippen molar-refractivity contribution >= 4 is 11.6 Å². The molecule has 1 aliphatic carbocycles. The Morgan fingerprint density at radius 3 is 2.56 bits per heavy atom. The summed E-state index contributed by atoms with van der Waals surface area (Å²) in [5, 5.41) is 11.6. The third kappa shape index (κ3) is 5.85. The van der Waals surface area contributed by atoms with Gasteiger partial charge in [0.2, 0.25) is 5.88 Å². The lowest BCUT2D eigenvalue weighted by molar-refractivity contribution is -0.138. The molecule has 1 amide bonds. The first kappa shape index (κ1) is 25.2. The van der Waals surface area contributed by atoms with Crippen LogP contribution in [0.2, 0.25) is 0 Å². The second-order valence-corrected chi connectivity index (χ2v) is 8.01. The van der Waals surface area contributed by atoms with Crippen molar-refractivity contribution in [3.63, 3.8) is 0 Å². The molecule has 0 aliphatic heterocycles. The average molecular weight is 506 g/mol. The van der Waals surface area contributed by atoms with Gasteiger partial charge in [-0.25, -0.2) is 9.37 Å². The maximum absolute atomic E-state index is 13.9. The van der Waals surface area contributed by atoms with E-state index >= 15 is 0 Å². The normalized spacial score (nSPS) is 13.3. The van der Waals surface area contributed by atoms with Gasteiger partial charge in [-0.05, 0) is 54.7 Å². The smallest absolute Gasteiger partial charge is 0.416 e. The van der Waals surface area contributed by atoms with Gasteiger partial charge in [0.25, 0.3) is 5.91 Å². The van der Waals surface area contributed by atoms with Gasteiger partial charge in [0.15, 0.2) is 11.5 Å². The fourth-order valence-corrected chi connectivity index (χ4v) is 3.59. The summed E-state index contributed by atoms with van der Waals surface area (Å²) in [5.41, 5.74) is -1.06. The van der Waals surface area contributed by atoms with Crippen LogP contribution in [0.4, 0.5) is 23.2 Å². The number of pyridine rings is 1. The number of methoxy groups -OCH3 is 1. The van der Waals surface area contributed by atoms with Crippen LogP contribution in [0, 0.1) is 5.82 Å². The number of halogens is 4. The Morgan fingerprint density at radius 1 is 1.11 bits per heavy atom. The Bertz CT molecular complexity index is 1260. The number of hydrogen-bond donors (Lipinski definition) is 2. The molecule has 2 aromatic carbocycles. The minimum absolute atomic E-state index is 0.0135. The first-order valence-electron chi connectivity index (χ1n) is 11.0. The molecule has 3 aromatic rings. The highest BCUT2D eigenvalue weighted by Gasteiger charge is 2.40. The molecule has 4 rings (SSSR count). The summed E-state index contributed by atoms with van der Waals surface area (Å²) < 4.78 is 71.7. The SMILES string of the molecule is COc1cc(NC(=O)c2cc(C(F)(F)F)c(C3CC3)cc2Oc2ccc(F)cc2OCCO)ccn1. The Kier molecular flexibility index (Phi) is 7.30. The van der Waals surface area contributed by atoms with Crippen molar-refractivity contribution in [2.45, 2.75) is 24.9 Å². The van der Waals surface area contributed by atoms with Gasteiger partial charge in [-0.3, -0.25) is 4.79 Å². The number of aromatic nitrogens is 1. The highest BCUT2D eigenvalue weighted by atomic mass is 19.4. The molecular formula is C25H22F4N2O5. The van der Waals surface area contributed by atoms with E-state index in [4.69, 9.17) is 19.3 Å². The van der Waals surface area contributed by atoms with Crippen LogP contribution >= 0.6 is 0 Å². The lowest BCUT2D eigenvalue weighted by Gasteiger charge is -2.19. The number of anilines is 1. The van der Waals surface area contributed by atoms with Crippen molar-refractivity contribution < 1.29 is 41.7 Å². The van der Waals surface area contributed by atoms with Crippen molar-refractivity contribution in [1.82, 2.24) is 4.98 Å². The second kappa shape index (κ2) is 10.4. The zero-order chi connectivity index (χ0) is 25.9. The van der Waals surface area contributed by atoms with Gasteiger partial charge >= 0.3 is 6.18 Å². The maximum atomic E-state index is 13.9. The van der Waals surface area contributed by atoms with Gasteiger partial charge in [-0.1, -0.05) is 0 Å². The number of amides is 1. The van der Waals surface area contributed by atoms with Crippen LogP contribution in [0.3, 0.4) is 0 Å². The predicted molar refractivity (Wildman–Crippen MR) is 121 cm³/mol. The Labute approximate surface area is 203 Å². The van der Waals surface area contributed by atoms with Crippen molar-refractivity contribution in [3.8, 4) is 23.1 Å². The van der Waals surface area contributed by atoms with Crippen LogP contribution in [0.25, 0.3) is 0 Å². The quantitative estimate of drug-likeness (QED) is 0.371. The summed E-state index contributed by atoms with van der Waals surface area (Å²) in [6, 6.07) is 8.13. The number of aliphatic hydroxyl groups is 1. The molecule has 0 unspecified atom stereocenters. The minimum Gasteiger partial charge on any atom is -0.487 e. The largest absolute Gasteiger partial charge is 0.487 e. The van der Waals surface area contributed by atoms with Crippen LogP contribution in [0.15, 0.2) is 48.7 Å². The lowest BCUT2D eigenvalue weighted by Crippen LogP contribution is -2.17. The second-order valence-electron chi connectivity index (χ2n) is 8.01. The molecule has 11 heteroatoms. The number of alkyl halides is 3. The van der Waals surface area contributed by atoms with E-state index in [1.54, 1.807) is 0 Å². The van der Waals surface area contributed by atoms with Gasteiger partial charge in [0, 0.05) is 24.0 Å². The van der Waals surface area contributed by atoms with E-state index in [1.807, 2.05) is 0 Å². The fourth-order valence-electron chi connectivity index (χ4n) is 3.59. The lowest BCUT2D eigenvalue weighted by atomic mass is 9.98. The number of aliphatic hydroxyl groups excluding tert-OH is 1. The zero-order valence-electron chi connectivity index (χ0n) is 19.1. The monoisotopic (exact) mass is 506 g/mol. The number of ether oxygens (including phenoxy) is 3. The molecular weight excluding hydrogens is 484 g/mol. The molecule has 2 N–H and O–H groups in total. The van der Waals surface area contributed by atoms with Crippen molar-refractivity contribution in [1.29, 1.82) is 0 Å². The summed E-state index contributed by atoms with van der Waals surface area (Å²) in [6.07, 6.45) is -2.18. The highest BCUT2D eigenvalue weighted by molar-refractivity contribution is 6.06. The third-order valence-electron chi connectivity index (χ3n) is 5.40. The maximum Gasteiger partial charge on any atom is 0.416 e. The molecule has 0 spiro atoms. The van der Waals surface area contributed by atoms with Crippen LogP contribution in [-0.4, -0.2) is 36.3 Å². The number of hydrogen-bond acceptors (Lipinski definition) is 6. The topological polar surface area (TPSA) is 89.9 Å². The third-order valence-corrected chi connectivity index (χ3v) is 5.40. The number of carbonyl (C=O) groups excluding carboxylic acids is 1. The van der Waals surface area contributed by atoms with Gasteiger partial charge < -0.3 is 24.6 Å². The number of nitrogens with one attached hydrogen (secondary N) is 1. The van der Waals surface area contributed by atoms with E-state index in [2.05, 4.69) is 10.3 Å². The summed E-state index contributed by atoms with van der Waals surface area (Å²) in [4.78, 5) is 17.1. The zero-order valence-corrected chi connectivity index (χ0v) is 19.1. The molecule has 0 atom stereocenters. The summed E-state index contributed by atoms with van der Waals surface area (Å²) >= 11 is 0. The van der Waals surface area contributed by atoms with Gasteiger partial charge in [0.05, 0.1) is 24.8 Å². The number of nitrogens with zero attached hydrogens (tertiary/aromatic N) is 1. The highest BCUT2D eigenvalue weighted by Crippen LogP contribution is 2.48. The predicted octanol–water partition coefficient (Wildman–Crippen LogP) is 5.54. The summed E-state index contributed by atoms with van der Waals surface area (Å²) in [7, 11) is 1.38. The molecule has 190 valence electrons. The molecule has 1 aliphatic rings. The molecule has 0 bridgehead atoms. The van der Waals surface area contributed by atoms with Gasteiger partial charge in [-0.2, -0.15) is 13.2 Å². The molecule has 0 radical (unpaired) electrons. The first-order chi connectivity index (χ1) is 17.2. The van der Waals surface area contributed by atoms with Crippen molar-refractivity contribution in [3.05, 3.63) is 71.2 Å². The first-order valence-corrected chi connectivity index (χ1v) is 11.0. The van der Waals surface area contributed by atoms with Crippen LogP contribution in [0.1, 0.15) is 40.2 Å². The van der Waals surface area contributed by atoms with Crippen LogP contribution < -0.4 is 19.5 Å². The fraction of sp³-hybridized carbons (Fsp3) is 0.280. The molecule has 0 saturated heterocycles. The summed E-state index contributed by atoms with van der Waals surface area (Å²) in [5.74, 6) is -1.92. The minimum atomic E-state index is -4.70. The van der Waals surface area contributed by atoms with Crippen molar-refractivity contribution in [2.75, 3.05) is 25.6 Å². The Hall–Kier alpha value is -3.86. The van der Waals surface area contributed by atoms with E-state index in [9.17, 15) is 22.4 Å². The van der Waals surface area contributed by atoms with E-state index in [0.29, 0.717) is 12.8 Å². The number of benzene rings is 2. The standard InChI is InChI=1S/C25H22F4N2O5/c1-34-23-11-16(6-7-30-23)31-24(33)18-12-19(25(27,28)29)17(14-2-3-14)13-21(18)36-20-5-4-15(26)10-22(20)35-9-8-32/h4-7,10-14,32H,2-3,8-9H2,1H3,(H,30,31,33). The summed E-state index contributed by atoms with van der Waals surface area (Å²) in [6.45, 7) is -0.525. The van der Waals surface area contributed by atoms with Gasteiger partial charge in [-0.15, -0.1) is 0 Å². The van der Waals surface area contributed by atoms with E-state index < -0.39 is 23.5 Å².